The Morgan fingerprint density at radius 3 is 2.12 bits per heavy atom. The molecule has 0 spiro atoms. The van der Waals surface area contributed by atoms with Gasteiger partial charge in [0, 0.05) is 0 Å². The Hall–Kier alpha value is -2.07. The molecule has 2 aromatic carbocycles. The molecule has 0 aliphatic rings. The van der Waals surface area contributed by atoms with Crippen molar-refractivity contribution < 1.29 is 0 Å². The molecule has 0 atom stereocenters. The highest BCUT2D eigenvalue weighted by molar-refractivity contribution is 5.97. The number of halogens is 1. The highest BCUT2D eigenvalue weighted by Gasteiger charge is 2.05. The van der Waals surface area contributed by atoms with Crippen LogP contribution in [0.4, 0.5) is 11.4 Å². The van der Waals surface area contributed by atoms with Crippen molar-refractivity contribution in [2.24, 2.45) is 0 Å². The van der Waals surface area contributed by atoms with Gasteiger partial charge in [0.25, 0.3) is 0 Å². The maximum atomic E-state index is 5.88. The van der Waals surface area contributed by atoms with E-state index < -0.39 is 0 Å². The third-order valence-electron chi connectivity index (χ3n) is 2.58. The molecule has 0 unspecified atom stereocenters. The lowest BCUT2D eigenvalue weighted by Gasteiger charge is -2.05. The summed E-state index contributed by atoms with van der Waals surface area (Å²) >= 11 is 0. The minimum atomic E-state index is 0. The second-order valence-electron chi connectivity index (χ2n) is 3.65. The first kappa shape index (κ1) is 11.4. The van der Waals surface area contributed by atoms with E-state index in [-0.39, 0.29) is 12.4 Å². The molecule has 5 heteroatoms. The van der Waals surface area contributed by atoms with Crippen LogP contribution in [0.3, 0.4) is 0 Å². The van der Waals surface area contributed by atoms with Gasteiger partial charge in [-0.25, -0.2) is 9.97 Å². The summed E-state index contributed by atoms with van der Waals surface area (Å²) in [7, 11) is 0. The number of rotatable bonds is 0. The van der Waals surface area contributed by atoms with Gasteiger partial charge in [-0.3, -0.25) is 0 Å². The fourth-order valence-electron chi connectivity index (χ4n) is 1.72. The molecule has 0 aliphatic carbocycles. The predicted octanol–water partition coefficient (Wildman–Crippen LogP) is 2.37. The van der Waals surface area contributed by atoms with Gasteiger partial charge < -0.3 is 11.5 Å². The van der Waals surface area contributed by atoms with E-state index in [4.69, 9.17) is 11.5 Å². The first-order valence-electron chi connectivity index (χ1n) is 4.96. The van der Waals surface area contributed by atoms with E-state index in [1.165, 1.54) is 0 Å². The second-order valence-corrected chi connectivity index (χ2v) is 3.65. The zero-order chi connectivity index (χ0) is 11.1. The Balaban J connectivity index is 0.00000108. The van der Waals surface area contributed by atoms with Crippen molar-refractivity contribution in [2.45, 2.75) is 0 Å². The molecule has 0 fully saturated rings. The van der Waals surface area contributed by atoms with E-state index in [0.29, 0.717) is 16.9 Å². The molecule has 4 N–H and O–H groups in total. The Morgan fingerprint density at radius 1 is 0.765 bits per heavy atom. The molecular weight excluding hydrogens is 236 g/mol. The molecule has 0 saturated carbocycles. The second kappa shape index (κ2) is 4.07. The molecule has 4 nitrogen and oxygen atoms in total. The summed E-state index contributed by atoms with van der Waals surface area (Å²) in [4.78, 5) is 8.95. The van der Waals surface area contributed by atoms with Crippen molar-refractivity contribution in [1.29, 1.82) is 0 Å². The number of hydrogen-bond donors (Lipinski definition) is 2. The van der Waals surface area contributed by atoms with E-state index >= 15 is 0 Å². The molecule has 3 aromatic rings. The molecule has 1 heterocycles. The van der Waals surface area contributed by atoms with Crippen LogP contribution in [0.25, 0.3) is 22.1 Å². The van der Waals surface area contributed by atoms with Gasteiger partial charge in [0.2, 0.25) is 0 Å². The van der Waals surface area contributed by atoms with Crippen LogP contribution in [-0.4, -0.2) is 9.97 Å². The van der Waals surface area contributed by atoms with Crippen molar-refractivity contribution in [3.05, 3.63) is 36.4 Å². The average Bonchev–Trinajstić information content (AvgIpc) is 2.32. The SMILES string of the molecule is Cl.Nc1ccc2nc3ccccc3nc2c1N. The highest BCUT2D eigenvalue weighted by atomic mass is 35.5. The minimum Gasteiger partial charge on any atom is -0.397 e. The summed E-state index contributed by atoms with van der Waals surface area (Å²) in [5.74, 6) is 0. The van der Waals surface area contributed by atoms with Crippen LogP contribution in [0.15, 0.2) is 36.4 Å². The standard InChI is InChI=1S/C12H10N4.ClH/c13-7-5-6-10-12(11(7)14)16-9-4-2-1-3-8(9)15-10;/h1-6H,13-14H2;1H. The van der Waals surface area contributed by atoms with Crippen molar-refractivity contribution in [3.8, 4) is 0 Å². The van der Waals surface area contributed by atoms with Gasteiger partial charge in [-0.15, -0.1) is 12.4 Å². The number of fused-ring (bicyclic) bond motifs is 2. The Labute approximate surface area is 104 Å². The third-order valence-corrected chi connectivity index (χ3v) is 2.58. The number of benzene rings is 2. The first-order chi connectivity index (χ1) is 7.75. The lowest BCUT2D eigenvalue weighted by Crippen LogP contribution is -1.98. The summed E-state index contributed by atoms with van der Waals surface area (Å²) < 4.78 is 0. The molecular formula is C12H11ClN4. The number of aromatic nitrogens is 2. The summed E-state index contributed by atoms with van der Waals surface area (Å²) in [5, 5.41) is 0. The average molecular weight is 247 g/mol. The van der Waals surface area contributed by atoms with Crippen LogP contribution in [0.2, 0.25) is 0 Å². The number of nitrogens with two attached hydrogens (primary N) is 2. The minimum absolute atomic E-state index is 0. The lowest BCUT2D eigenvalue weighted by atomic mass is 10.2. The predicted molar refractivity (Wildman–Crippen MR) is 73.1 cm³/mol. The van der Waals surface area contributed by atoms with Gasteiger partial charge in [0.1, 0.15) is 5.52 Å². The van der Waals surface area contributed by atoms with E-state index in [1.807, 2.05) is 30.3 Å². The maximum absolute atomic E-state index is 5.88. The smallest absolute Gasteiger partial charge is 0.114 e. The van der Waals surface area contributed by atoms with Gasteiger partial charge in [-0.05, 0) is 24.3 Å². The van der Waals surface area contributed by atoms with Crippen LogP contribution in [0, 0.1) is 0 Å². The fraction of sp³-hybridized carbons (Fsp3) is 0. The molecule has 0 aliphatic heterocycles. The topological polar surface area (TPSA) is 77.8 Å². The van der Waals surface area contributed by atoms with Gasteiger partial charge in [-0.2, -0.15) is 0 Å². The number of para-hydroxylation sites is 2. The van der Waals surface area contributed by atoms with Crippen LogP contribution >= 0.6 is 12.4 Å². The number of anilines is 2. The number of nitrogen functional groups attached to an aromatic ring is 2. The Kier molecular flexibility index (Phi) is 2.73. The molecule has 17 heavy (non-hydrogen) atoms. The van der Waals surface area contributed by atoms with E-state index in [0.717, 1.165) is 16.6 Å². The number of nitrogens with zero attached hydrogens (tertiary/aromatic N) is 2. The molecule has 0 amide bonds. The van der Waals surface area contributed by atoms with Crippen LogP contribution < -0.4 is 11.5 Å². The molecule has 86 valence electrons. The monoisotopic (exact) mass is 246 g/mol. The highest BCUT2D eigenvalue weighted by Crippen LogP contribution is 2.25. The summed E-state index contributed by atoms with van der Waals surface area (Å²) in [6.45, 7) is 0. The summed E-state index contributed by atoms with van der Waals surface area (Å²) in [6, 6.07) is 11.3. The van der Waals surface area contributed by atoms with Crippen molar-refractivity contribution in [3.63, 3.8) is 0 Å². The molecule has 1 aromatic heterocycles. The molecule has 0 bridgehead atoms. The number of hydrogen-bond acceptors (Lipinski definition) is 4. The largest absolute Gasteiger partial charge is 0.397 e. The molecule has 0 radical (unpaired) electrons. The zero-order valence-electron chi connectivity index (χ0n) is 8.92. The molecule has 0 saturated heterocycles. The third kappa shape index (κ3) is 1.72. The quantitative estimate of drug-likeness (QED) is 0.472. The summed E-state index contributed by atoms with van der Waals surface area (Å²) in [5.41, 5.74) is 15.8. The van der Waals surface area contributed by atoms with Crippen LogP contribution in [-0.2, 0) is 0 Å². The summed E-state index contributed by atoms with van der Waals surface area (Å²) in [6.07, 6.45) is 0. The van der Waals surface area contributed by atoms with Gasteiger partial charge in [0.05, 0.1) is 27.9 Å². The van der Waals surface area contributed by atoms with Crippen LogP contribution in [0.5, 0.6) is 0 Å². The molecule has 3 rings (SSSR count). The zero-order valence-corrected chi connectivity index (χ0v) is 9.74. The van der Waals surface area contributed by atoms with E-state index in [9.17, 15) is 0 Å². The van der Waals surface area contributed by atoms with Crippen molar-refractivity contribution in [2.75, 3.05) is 11.5 Å². The van der Waals surface area contributed by atoms with Gasteiger partial charge >= 0.3 is 0 Å². The van der Waals surface area contributed by atoms with E-state index in [2.05, 4.69) is 9.97 Å². The normalized spacial score (nSPS) is 10.4. The lowest BCUT2D eigenvalue weighted by molar-refractivity contribution is 1.40. The van der Waals surface area contributed by atoms with E-state index in [1.54, 1.807) is 6.07 Å². The fourth-order valence-corrected chi connectivity index (χ4v) is 1.72. The van der Waals surface area contributed by atoms with Gasteiger partial charge in [-0.1, -0.05) is 12.1 Å². The Bertz CT molecular complexity index is 696. The Morgan fingerprint density at radius 2 is 1.41 bits per heavy atom. The first-order valence-corrected chi connectivity index (χ1v) is 4.96. The van der Waals surface area contributed by atoms with Crippen LogP contribution in [0.1, 0.15) is 0 Å². The van der Waals surface area contributed by atoms with Crippen molar-refractivity contribution >= 4 is 45.8 Å². The van der Waals surface area contributed by atoms with Crippen molar-refractivity contribution in [1.82, 2.24) is 9.97 Å². The maximum Gasteiger partial charge on any atom is 0.114 e. The van der Waals surface area contributed by atoms with Gasteiger partial charge in [0.15, 0.2) is 0 Å².